The Kier molecular flexibility index (Phi) is 12.1. The van der Waals surface area contributed by atoms with Gasteiger partial charge in [0.1, 0.15) is 11.6 Å². The normalized spacial score (nSPS) is 11.4. The fourth-order valence-electron chi connectivity index (χ4n) is 1.55. The van der Waals surface area contributed by atoms with Crippen molar-refractivity contribution in [2.24, 2.45) is 0 Å². The van der Waals surface area contributed by atoms with Crippen LogP contribution in [-0.2, 0) is 9.53 Å². The molecule has 0 heterocycles. The fourth-order valence-corrected chi connectivity index (χ4v) is 1.55. The van der Waals surface area contributed by atoms with Gasteiger partial charge in [0.25, 0.3) is 0 Å². The maximum absolute atomic E-state index is 11.6. The Morgan fingerprint density at radius 3 is 2.57 bits per heavy atom. The van der Waals surface area contributed by atoms with Gasteiger partial charge >= 0.3 is 5.97 Å². The highest BCUT2D eigenvalue weighted by Crippen LogP contribution is 2.01. The number of ether oxygens (including phenoxy) is 1. The lowest BCUT2D eigenvalue weighted by Crippen LogP contribution is -2.22. The smallest absolute Gasteiger partial charge is 0.348 e. The van der Waals surface area contributed by atoms with E-state index in [4.69, 9.17) is 15.1 Å². The van der Waals surface area contributed by atoms with Gasteiger partial charge in [-0.2, -0.15) is 5.26 Å². The van der Waals surface area contributed by atoms with Crippen molar-refractivity contribution < 1.29 is 14.6 Å². The topological polar surface area (TPSA) is 73.6 Å². The third-order valence-electron chi connectivity index (χ3n) is 2.82. The van der Waals surface area contributed by atoms with Gasteiger partial charge in [0.2, 0.25) is 0 Å². The molecular formula is C16H26N2O3. The van der Waals surface area contributed by atoms with Gasteiger partial charge < -0.3 is 14.7 Å². The quantitative estimate of drug-likeness (QED) is 0.208. The third kappa shape index (κ3) is 9.69. The van der Waals surface area contributed by atoms with Gasteiger partial charge in [0.15, 0.2) is 0 Å². The summed E-state index contributed by atoms with van der Waals surface area (Å²) in [7, 11) is 0. The van der Waals surface area contributed by atoms with Gasteiger partial charge in [-0.25, -0.2) is 4.79 Å². The summed E-state index contributed by atoms with van der Waals surface area (Å²) in [5.41, 5.74) is -0.0122. The van der Waals surface area contributed by atoms with Gasteiger partial charge in [-0.15, -0.1) is 0 Å². The summed E-state index contributed by atoms with van der Waals surface area (Å²) in [6, 6.07) is 1.85. The summed E-state index contributed by atoms with van der Waals surface area (Å²) in [5.74, 6) is -0.585. The number of nitrogens with zero attached hydrogens (tertiary/aromatic N) is 2. The van der Waals surface area contributed by atoms with Crippen LogP contribution in [0.2, 0.25) is 0 Å². The molecule has 0 unspecified atom stereocenters. The molecule has 21 heavy (non-hydrogen) atoms. The molecule has 0 aromatic rings. The van der Waals surface area contributed by atoms with Crippen molar-refractivity contribution in [3.05, 3.63) is 23.9 Å². The Morgan fingerprint density at radius 1 is 1.29 bits per heavy atom. The van der Waals surface area contributed by atoms with Gasteiger partial charge in [-0.1, -0.05) is 26.7 Å². The minimum Gasteiger partial charge on any atom is -0.462 e. The molecule has 0 amide bonds. The summed E-state index contributed by atoms with van der Waals surface area (Å²) >= 11 is 0. The van der Waals surface area contributed by atoms with Gasteiger partial charge in [0, 0.05) is 13.1 Å². The lowest BCUT2D eigenvalue weighted by Gasteiger charge is -2.18. The maximum Gasteiger partial charge on any atom is 0.348 e. The number of carbonyl (C=O) groups is 1. The van der Waals surface area contributed by atoms with Gasteiger partial charge in [-0.3, -0.25) is 0 Å². The van der Waals surface area contributed by atoms with Crippen LogP contribution in [0.1, 0.15) is 39.5 Å². The van der Waals surface area contributed by atoms with E-state index in [1.807, 2.05) is 17.9 Å². The zero-order valence-corrected chi connectivity index (χ0v) is 13.0. The largest absolute Gasteiger partial charge is 0.462 e. The van der Waals surface area contributed by atoms with E-state index in [0.29, 0.717) is 13.2 Å². The molecule has 5 heteroatoms. The van der Waals surface area contributed by atoms with Gasteiger partial charge in [-0.05, 0) is 31.2 Å². The summed E-state index contributed by atoms with van der Waals surface area (Å²) < 4.78 is 4.99. The number of rotatable bonds is 11. The predicted molar refractivity (Wildman–Crippen MR) is 82.3 cm³/mol. The van der Waals surface area contributed by atoms with Crippen LogP contribution in [0.15, 0.2) is 23.9 Å². The van der Waals surface area contributed by atoms with E-state index in [2.05, 4.69) is 6.92 Å². The lowest BCUT2D eigenvalue weighted by atomic mass is 10.2. The number of aliphatic hydroxyl groups excluding tert-OH is 1. The zero-order valence-electron chi connectivity index (χ0n) is 13.0. The molecule has 0 aromatic heterocycles. The minimum atomic E-state index is -0.585. The molecule has 118 valence electrons. The number of unbranched alkanes of at least 4 members (excludes halogenated alkanes) is 2. The number of nitriles is 1. The second-order valence-electron chi connectivity index (χ2n) is 4.64. The first-order valence-electron chi connectivity index (χ1n) is 7.50. The molecule has 0 radical (unpaired) electrons. The van der Waals surface area contributed by atoms with Crippen LogP contribution in [0, 0.1) is 11.3 Å². The molecule has 0 bridgehead atoms. The Labute approximate surface area is 127 Å². The monoisotopic (exact) mass is 294 g/mol. The van der Waals surface area contributed by atoms with Crippen molar-refractivity contribution in [1.29, 1.82) is 5.26 Å². The Morgan fingerprint density at radius 2 is 2.00 bits per heavy atom. The Hall–Kier alpha value is -1.80. The molecule has 5 nitrogen and oxygen atoms in total. The van der Waals surface area contributed by atoms with Crippen LogP contribution in [0.5, 0.6) is 0 Å². The molecule has 0 atom stereocenters. The van der Waals surface area contributed by atoms with E-state index < -0.39 is 5.97 Å². The van der Waals surface area contributed by atoms with E-state index in [1.54, 1.807) is 12.3 Å². The van der Waals surface area contributed by atoms with Crippen LogP contribution in [0.3, 0.4) is 0 Å². The van der Waals surface area contributed by atoms with E-state index in [1.165, 1.54) is 6.08 Å². The standard InChI is InChI=1S/C16H26N2O3/c1-3-5-9-18(11-12-19)10-7-8-15(14-17)16(20)21-13-6-4-2/h7-8,10,19H,3-6,9,11-13H2,1-2H3. The maximum atomic E-state index is 11.6. The highest BCUT2D eigenvalue weighted by Gasteiger charge is 2.08. The van der Waals surface area contributed by atoms with E-state index in [-0.39, 0.29) is 12.2 Å². The molecule has 0 aliphatic heterocycles. The first kappa shape index (κ1) is 19.2. The molecule has 0 fully saturated rings. The highest BCUT2D eigenvalue weighted by atomic mass is 16.5. The van der Waals surface area contributed by atoms with Crippen molar-refractivity contribution in [3.63, 3.8) is 0 Å². The average molecular weight is 294 g/mol. The average Bonchev–Trinajstić information content (AvgIpc) is 2.49. The number of esters is 1. The highest BCUT2D eigenvalue weighted by molar-refractivity contribution is 5.93. The van der Waals surface area contributed by atoms with Crippen LogP contribution >= 0.6 is 0 Å². The first-order valence-corrected chi connectivity index (χ1v) is 7.50. The van der Waals surface area contributed by atoms with Crippen molar-refractivity contribution in [3.8, 4) is 6.07 Å². The van der Waals surface area contributed by atoms with Crippen LogP contribution in [-0.4, -0.2) is 42.3 Å². The van der Waals surface area contributed by atoms with Crippen molar-refractivity contribution in [2.45, 2.75) is 39.5 Å². The number of hydrogen-bond donors (Lipinski definition) is 1. The molecular weight excluding hydrogens is 268 g/mol. The summed E-state index contributed by atoms with van der Waals surface area (Å²) in [6.07, 6.45) is 8.70. The summed E-state index contributed by atoms with van der Waals surface area (Å²) in [5, 5.41) is 17.9. The van der Waals surface area contributed by atoms with Crippen molar-refractivity contribution in [1.82, 2.24) is 4.90 Å². The number of carbonyl (C=O) groups excluding carboxylic acids is 1. The van der Waals surface area contributed by atoms with Crippen LogP contribution < -0.4 is 0 Å². The number of allylic oxidation sites excluding steroid dienone is 2. The Bertz CT molecular complexity index is 383. The fraction of sp³-hybridized carbons (Fsp3) is 0.625. The third-order valence-corrected chi connectivity index (χ3v) is 2.82. The molecule has 1 N–H and O–H groups in total. The second-order valence-corrected chi connectivity index (χ2v) is 4.64. The van der Waals surface area contributed by atoms with Crippen LogP contribution in [0.4, 0.5) is 0 Å². The molecule has 0 aliphatic carbocycles. The Balaban J connectivity index is 4.50. The summed E-state index contributed by atoms with van der Waals surface area (Å²) in [6.45, 7) is 5.88. The summed E-state index contributed by atoms with van der Waals surface area (Å²) in [4.78, 5) is 13.6. The molecule has 0 spiro atoms. The molecule has 0 aromatic carbocycles. The van der Waals surface area contributed by atoms with E-state index in [0.717, 1.165) is 32.2 Å². The number of aliphatic hydroxyl groups is 1. The molecule has 0 rings (SSSR count). The SMILES string of the molecule is CCCCOC(=O)C(C#N)=CC=CN(CCO)CCCC. The zero-order chi connectivity index (χ0) is 15.9. The van der Waals surface area contributed by atoms with Crippen LogP contribution in [0.25, 0.3) is 0 Å². The first-order chi connectivity index (χ1) is 10.2. The van der Waals surface area contributed by atoms with E-state index in [9.17, 15) is 4.79 Å². The second kappa shape index (κ2) is 13.2. The predicted octanol–water partition coefficient (Wildman–Crippen LogP) is 2.39. The van der Waals surface area contributed by atoms with Crippen molar-refractivity contribution in [2.75, 3.05) is 26.3 Å². The minimum absolute atomic E-state index is 0.0122. The number of hydrogen-bond acceptors (Lipinski definition) is 5. The van der Waals surface area contributed by atoms with E-state index >= 15 is 0 Å². The lowest BCUT2D eigenvalue weighted by molar-refractivity contribution is -0.138. The molecule has 0 aliphatic rings. The van der Waals surface area contributed by atoms with Crippen molar-refractivity contribution >= 4 is 5.97 Å². The molecule has 0 saturated carbocycles. The molecule has 0 saturated heterocycles. The van der Waals surface area contributed by atoms with Gasteiger partial charge in [0.05, 0.1) is 13.2 Å².